The Balaban J connectivity index is 1.71. The Labute approximate surface area is 143 Å². The van der Waals surface area contributed by atoms with E-state index >= 15 is 0 Å². The van der Waals surface area contributed by atoms with Gasteiger partial charge in [0.2, 0.25) is 11.8 Å². The second-order valence-electron chi connectivity index (χ2n) is 5.41. The highest BCUT2D eigenvalue weighted by molar-refractivity contribution is 6.21. The fraction of sp³-hybridized carbons (Fsp3) is 0.167. The van der Waals surface area contributed by atoms with E-state index in [-0.39, 0.29) is 30.4 Å². The maximum atomic E-state index is 13.5. The normalized spacial score (nSPS) is 13.9. The number of hydrogen-bond acceptors (Lipinski definition) is 4. The van der Waals surface area contributed by atoms with E-state index in [4.69, 9.17) is 4.74 Å². The summed E-state index contributed by atoms with van der Waals surface area (Å²) in [6.07, 6.45) is 0.301. The predicted octanol–water partition coefficient (Wildman–Crippen LogP) is 2.50. The maximum Gasteiger partial charge on any atom is 0.262 e. The van der Waals surface area contributed by atoms with Gasteiger partial charge in [0, 0.05) is 12.8 Å². The topological polar surface area (TPSA) is 75.7 Å². The molecule has 1 heterocycles. The van der Waals surface area contributed by atoms with Crippen molar-refractivity contribution in [2.45, 2.75) is 12.8 Å². The molecule has 0 unspecified atom stereocenters. The van der Waals surface area contributed by atoms with Gasteiger partial charge in [0.25, 0.3) is 5.91 Å². The summed E-state index contributed by atoms with van der Waals surface area (Å²) >= 11 is 0. The molecule has 0 radical (unpaired) electrons. The van der Waals surface area contributed by atoms with E-state index in [1.54, 1.807) is 30.3 Å². The Hall–Kier alpha value is -3.22. The molecule has 6 nitrogen and oxygen atoms in total. The quantitative estimate of drug-likeness (QED) is 0.847. The lowest BCUT2D eigenvalue weighted by atomic mass is 10.2. The third-order valence-electron chi connectivity index (χ3n) is 3.67. The van der Waals surface area contributed by atoms with Crippen LogP contribution >= 0.6 is 0 Å². The largest absolute Gasteiger partial charge is 0.481 e. The highest BCUT2D eigenvalue weighted by atomic mass is 19.1. The molecular formula is C18H15FN2O4. The molecule has 0 spiro atoms. The highest BCUT2D eigenvalue weighted by Crippen LogP contribution is 2.30. The van der Waals surface area contributed by atoms with Gasteiger partial charge in [-0.05, 0) is 24.3 Å². The first kappa shape index (κ1) is 16.6. The molecule has 0 atom stereocenters. The van der Waals surface area contributed by atoms with Crippen LogP contribution in [0, 0.1) is 5.82 Å². The monoisotopic (exact) mass is 342 g/mol. The van der Waals surface area contributed by atoms with Crippen LogP contribution in [0.1, 0.15) is 12.8 Å². The first-order valence-electron chi connectivity index (χ1n) is 7.68. The average Bonchev–Trinajstić information content (AvgIpc) is 2.93. The van der Waals surface area contributed by atoms with Crippen LogP contribution in [0.4, 0.5) is 15.8 Å². The summed E-state index contributed by atoms with van der Waals surface area (Å²) in [6, 6.07) is 12.2. The van der Waals surface area contributed by atoms with Gasteiger partial charge >= 0.3 is 0 Å². The van der Waals surface area contributed by atoms with E-state index in [0.717, 1.165) is 4.90 Å². The molecular weight excluding hydrogens is 327 g/mol. The van der Waals surface area contributed by atoms with Gasteiger partial charge < -0.3 is 10.1 Å². The number of para-hydroxylation sites is 3. The first-order valence-corrected chi connectivity index (χ1v) is 7.68. The zero-order chi connectivity index (χ0) is 17.8. The minimum atomic E-state index is -0.566. The SMILES string of the molecule is O=C(COc1ccccc1F)Nc1ccccc1N1C(=O)CCC1=O. The van der Waals surface area contributed by atoms with Crippen molar-refractivity contribution in [2.75, 3.05) is 16.8 Å². The lowest BCUT2D eigenvalue weighted by molar-refractivity contribution is -0.121. The molecule has 1 aliphatic rings. The number of anilines is 2. The number of halogens is 1. The standard InChI is InChI=1S/C18H15FN2O4/c19-12-5-1-4-8-15(12)25-11-16(22)20-13-6-2-3-7-14(13)21-17(23)9-10-18(21)24/h1-8H,9-11H2,(H,20,22). The molecule has 1 aliphatic heterocycles. The van der Waals surface area contributed by atoms with Crippen molar-refractivity contribution in [1.29, 1.82) is 0 Å². The van der Waals surface area contributed by atoms with Gasteiger partial charge in [0.15, 0.2) is 18.2 Å². The number of imide groups is 1. The van der Waals surface area contributed by atoms with Crippen LogP contribution in [0.2, 0.25) is 0 Å². The molecule has 0 aromatic heterocycles. The number of carbonyl (C=O) groups is 3. The summed E-state index contributed by atoms with van der Waals surface area (Å²) < 4.78 is 18.6. The molecule has 0 bridgehead atoms. The van der Waals surface area contributed by atoms with Crippen LogP contribution in [-0.4, -0.2) is 24.3 Å². The van der Waals surface area contributed by atoms with Crippen LogP contribution < -0.4 is 15.0 Å². The molecule has 1 fully saturated rings. The van der Waals surface area contributed by atoms with Gasteiger partial charge in [0.1, 0.15) is 0 Å². The fourth-order valence-electron chi connectivity index (χ4n) is 2.51. The Morgan fingerprint density at radius 2 is 1.68 bits per heavy atom. The molecule has 0 saturated carbocycles. The van der Waals surface area contributed by atoms with Gasteiger partial charge in [-0.2, -0.15) is 0 Å². The molecule has 128 valence electrons. The number of ether oxygens (including phenoxy) is 1. The van der Waals surface area contributed by atoms with Gasteiger partial charge in [-0.3, -0.25) is 14.4 Å². The van der Waals surface area contributed by atoms with Crippen molar-refractivity contribution < 1.29 is 23.5 Å². The predicted molar refractivity (Wildman–Crippen MR) is 88.7 cm³/mol. The number of hydrogen-bond donors (Lipinski definition) is 1. The van der Waals surface area contributed by atoms with Gasteiger partial charge in [-0.15, -0.1) is 0 Å². The second kappa shape index (κ2) is 7.12. The van der Waals surface area contributed by atoms with Crippen molar-refractivity contribution in [1.82, 2.24) is 0 Å². The summed E-state index contributed by atoms with van der Waals surface area (Å²) in [5.41, 5.74) is 0.627. The van der Waals surface area contributed by atoms with Crippen molar-refractivity contribution in [3.63, 3.8) is 0 Å². The molecule has 2 aromatic rings. The minimum Gasteiger partial charge on any atom is -0.481 e. The molecule has 0 aliphatic carbocycles. The molecule has 1 saturated heterocycles. The van der Waals surface area contributed by atoms with Gasteiger partial charge in [0.05, 0.1) is 11.4 Å². The lowest BCUT2D eigenvalue weighted by Crippen LogP contribution is -2.30. The summed E-state index contributed by atoms with van der Waals surface area (Å²) in [4.78, 5) is 36.9. The van der Waals surface area contributed by atoms with Crippen LogP contribution in [0.5, 0.6) is 5.75 Å². The van der Waals surface area contributed by atoms with Gasteiger partial charge in [-0.25, -0.2) is 9.29 Å². The molecule has 7 heteroatoms. The Kier molecular flexibility index (Phi) is 4.74. The van der Waals surface area contributed by atoms with E-state index < -0.39 is 18.3 Å². The molecule has 25 heavy (non-hydrogen) atoms. The van der Waals surface area contributed by atoms with Crippen LogP contribution in [-0.2, 0) is 14.4 Å². The van der Waals surface area contributed by atoms with Crippen LogP contribution in [0.3, 0.4) is 0 Å². The molecule has 3 amide bonds. The fourth-order valence-corrected chi connectivity index (χ4v) is 2.51. The maximum absolute atomic E-state index is 13.5. The summed E-state index contributed by atoms with van der Waals surface area (Å²) in [7, 11) is 0. The number of carbonyl (C=O) groups excluding carboxylic acids is 3. The number of nitrogens with one attached hydrogen (secondary N) is 1. The van der Waals surface area contributed by atoms with E-state index in [9.17, 15) is 18.8 Å². The molecule has 1 N–H and O–H groups in total. The van der Waals surface area contributed by atoms with Crippen molar-refractivity contribution in [3.05, 3.63) is 54.3 Å². The zero-order valence-electron chi connectivity index (χ0n) is 13.2. The third kappa shape index (κ3) is 3.65. The summed E-state index contributed by atoms with van der Waals surface area (Å²) in [6.45, 7) is -0.406. The number of rotatable bonds is 5. The molecule has 3 rings (SSSR count). The van der Waals surface area contributed by atoms with Crippen molar-refractivity contribution in [3.8, 4) is 5.75 Å². The Morgan fingerprint density at radius 3 is 2.40 bits per heavy atom. The zero-order valence-corrected chi connectivity index (χ0v) is 13.2. The second-order valence-corrected chi connectivity index (χ2v) is 5.41. The van der Waals surface area contributed by atoms with E-state index in [2.05, 4.69) is 5.32 Å². The van der Waals surface area contributed by atoms with E-state index in [1.165, 1.54) is 18.2 Å². The number of amides is 3. The van der Waals surface area contributed by atoms with Crippen molar-refractivity contribution in [2.24, 2.45) is 0 Å². The van der Waals surface area contributed by atoms with E-state index in [0.29, 0.717) is 11.4 Å². The third-order valence-corrected chi connectivity index (χ3v) is 3.67. The number of nitrogens with zero attached hydrogens (tertiary/aromatic N) is 1. The number of benzene rings is 2. The van der Waals surface area contributed by atoms with Crippen LogP contribution in [0.15, 0.2) is 48.5 Å². The van der Waals surface area contributed by atoms with Gasteiger partial charge in [-0.1, -0.05) is 24.3 Å². The average molecular weight is 342 g/mol. The lowest BCUT2D eigenvalue weighted by Gasteiger charge is -2.18. The Morgan fingerprint density at radius 1 is 1.04 bits per heavy atom. The summed E-state index contributed by atoms with van der Waals surface area (Å²) in [5, 5.41) is 2.59. The van der Waals surface area contributed by atoms with Crippen LogP contribution in [0.25, 0.3) is 0 Å². The van der Waals surface area contributed by atoms with E-state index in [1.807, 2.05) is 0 Å². The highest BCUT2D eigenvalue weighted by Gasteiger charge is 2.31. The minimum absolute atomic E-state index is 0.0316. The Bertz CT molecular complexity index is 821. The van der Waals surface area contributed by atoms with Crippen molar-refractivity contribution >= 4 is 29.1 Å². The smallest absolute Gasteiger partial charge is 0.262 e. The molecule has 2 aromatic carbocycles. The summed E-state index contributed by atoms with van der Waals surface area (Å²) in [5.74, 6) is -1.75. The first-order chi connectivity index (χ1) is 12.1.